The van der Waals surface area contributed by atoms with E-state index in [1.807, 2.05) is 12.1 Å². The average Bonchev–Trinajstić information content (AvgIpc) is 2.85. The van der Waals surface area contributed by atoms with Gasteiger partial charge in [-0.2, -0.15) is 4.98 Å². The molecule has 0 aliphatic carbocycles. The average molecular weight is 260 g/mol. The second kappa shape index (κ2) is 6.99. The van der Waals surface area contributed by atoms with Crippen LogP contribution >= 0.6 is 0 Å². The molecule has 2 rings (SSSR count). The maximum atomic E-state index is 5.27. The monoisotopic (exact) mass is 260 g/mol. The molecule has 0 saturated carbocycles. The predicted octanol–water partition coefficient (Wildman–Crippen LogP) is 1.99. The molecule has 5 nitrogen and oxygen atoms in total. The van der Waals surface area contributed by atoms with Gasteiger partial charge in [-0.3, -0.25) is 4.98 Å². The van der Waals surface area contributed by atoms with Crippen molar-refractivity contribution in [2.24, 2.45) is 0 Å². The largest absolute Gasteiger partial charge is 0.339 e. The first-order chi connectivity index (χ1) is 9.28. The Morgan fingerprint density at radius 3 is 2.84 bits per heavy atom. The highest BCUT2D eigenvalue weighted by Crippen LogP contribution is 2.07. The Hall–Kier alpha value is -1.75. The number of hydrogen-bond acceptors (Lipinski definition) is 5. The first-order valence-electron chi connectivity index (χ1n) is 6.71. The molecule has 19 heavy (non-hydrogen) atoms. The van der Waals surface area contributed by atoms with Crippen LogP contribution in [0, 0.1) is 0 Å². The third kappa shape index (κ3) is 4.44. The van der Waals surface area contributed by atoms with Gasteiger partial charge in [0.2, 0.25) is 5.89 Å². The fourth-order valence-corrected chi connectivity index (χ4v) is 1.85. The highest BCUT2D eigenvalue weighted by atomic mass is 16.5. The molecule has 0 fully saturated rings. The van der Waals surface area contributed by atoms with Crippen molar-refractivity contribution in [2.75, 3.05) is 6.54 Å². The molecule has 0 bridgehead atoms. The molecule has 2 heterocycles. The van der Waals surface area contributed by atoms with E-state index < -0.39 is 0 Å². The van der Waals surface area contributed by atoms with E-state index >= 15 is 0 Å². The molecular formula is C14H20N4O. The Morgan fingerprint density at radius 2 is 2.11 bits per heavy atom. The topological polar surface area (TPSA) is 63.8 Å². The van der Waals surface area contributed by atoms with E-state index in [0.29, 0.717) is 18.4 Å². The highest BCUT2D eigenvalue weighted by molar-refractivity contribution is 5.14. The summed E-state index contributed by atoms with van der Waals surface area (Å²) in [7, 11) is 0. The molecule has 2 aromatic heterocycles. The van der Waals surface area contributed by atoms with E-state index in [1.54, 1.807) is 12.4 Å². The minimum atomic E-state index is 0.356. The predicted molar refractivity (Wildman–Crippen MR) is 72.8 cm³/mol. The van der Waals surface area contributed by atoms with Gasteiger partial charge in [0.1, 0.15) is 0 Å². The van der Waals surface area contributed by atoms with Crippen LogP contribution in [-0.2, 0) is 12.8 Å². The molecule has 0 aliphatic rings. The molecule has 0 aliphatic heterocycles. The maximum absolute atomic E-state index is 5.27. The number of pyridine rings is 1. The molecule has 2 aromatic rings. The van der Waals surface area contributed by atoms with E-state index in [0.717, 1.165) is 30.8 Å². The lowest BCUT2D eigenvalue weighted by molar-refractivity contribution is 0.358. The van der Waals surface area contributed by atoms with Crippen molar-refractivity contribution in [3.05, 3.63) is 41.8 Å². The second-order valence-electron chi connectivity index (χ2n) is 4.70. The van der Waals surface area contributed by atoms with E-state index in [-0.39, 0.29) is 0 Å². The first-order valence-corrected chi connectivity index (χ1v) is 6.71. The van der Waals surface area contributed by atoms with Crippen LogP contribution < -0.4 is 5.32 Å². The van der Waals surface area contributed by atoms with E-state index in [4.69, 9.17) is 4.52 Å². The number of nitrogens with one attached hydrogen (secondary N) is 1. The van der Waals surface area contributed by atoms with Crippen LogP contribution in [0.4, 0.5) is 0 Å². The molecule has 102 valence electrons. The van der Waals surface area contributed by atoms with Gasteiger partial charge in [-0.1, -0.05) is 12.1 Å². The lowest BCUT2D eigenvalue weighted by Gasteiger charge is -2.09. The van der Waals surface area contributed by atoms with E-state index in [9.17, 15) is 0 Å². The van der Waals surface area contributed by atoms with Gasteiger partial charge in [-0.15, -0.1) is 0 Å². The molecular weight excluding hydrogens is 240 g/mol. The summed E-state index contributed by atoms with van der Waals surface area (Å²) in [5.41, 5.74) is 1.14. The minimum Gasteiger partial charge on any atom is -0.339 e. The van der Waals surface area contributed by atoms with Gasteiger partial charge in [-0.25, -0.2) is 0 Å². The maximum Gasteiger partial charge on any atom is 0.228 e. The van der Waals surface area contributed by atoms with Crippen LogP contribution in [0.3, 0.4) is 0 Å². The molecule has 1 unspecified atom stereocenters. The molecule has 1 N–H and O–H groups in total. The SMILES string of the molecule is CCCNC(C)Cc1nc(Cc2ccncc2)no1. The standard InChI is InChI=1S/C14H20N4O/c1-3-6-16-11(2)9-14-17-13(18-19-14)10-12-4-7-15-8-5-12/h4-5,7-8,11,16H,3,6,9-10H2,1-2H3. The number of rotatable bonds is 7. The summed E-state index contributed by atoms with van der Waals surface area (Å²) in [6.45, 7) is 5.29. The zero-order valence-electron chi connectivity index (χ0n) is 11.5. The summed E-state index contributed by atoms with van der Waals surface area (Å²) in [6, 6.07) is 4.28. The molecule has 0 radical (unpaired) electrons. The quantitative estimate of drug-likeness (QED) is 0.824. The first kappa shape index (κ1) is 13.7. The fraction of sp³-hybridized carbons (Fsp3) is 0.500. The Bertz CT molecular complexity index is 483. The third-order valence-electron chi connectivity index (χ3n) is 2.85. The lowest BCUT2D eigenvalue weighted by atomic mass is 10.2. The molecule has 5 heteroatoms. The molecule has 0 spiro atoms. The van der Waals surface area contributed by atoms with Crippen LogP contribution in [0.5, 0.6) is 0 Å². The van der Waals surface area contributed by atoms with Crippen molar-refractivity contribution < 1.29 is 4.52 Å². The fourth-order valence-electron chi connectivity index (χ4n) is 1.85. The Kier molecular flexibility index (Phi) is 5.03. The zero-order valence-corrected chi connectivity index (χ0v) is 11.5. The van der Waals surface area contributed by atoms with Gasteiger partial charge < -0.3 is 9.84 Å². The molecule has 0 saturated heterocycles. The number of nitrogens with zero attached hydrogens (tertiary/aromatic N) is 3. The molecule has 0 aromatic carbocycles. The van der Waals surface area contributed by atoms with Gasteiger partial charge in [0, 0.05) is 31.3 Å². The summed E-state index contributed by atoms with van der Waals surface area (Å²) in [5.74, 6) is 1.42. The Balaban J connectivity index is 1.88. The van der Waals surface area contributed by atoms with Crippen molar-refractivity contribution >= 4 is 0 Å². The van der Waals surface area contributed by atoms with Gasteiger partial charge in [0.05, 0.1) is 0 Å². The van der Waals surface area contributed by atoms with Gasteiger partial charge in [0.25, 0.3) is 0 Å². The third-order valence-corrected chi connectivity index (χ3v) is 2.85. The van der Waals surface area contributed by atoms with Gasteiger partial charge in [0.15, 0.2) is 5.82 Å². The van der Waals surface area contributed by atoms with Crippen molar-refractivity contribution in [1.82, 2.24) is 20.4 Å². The summed E-state index contributed by atoms with van der Waals surface area (Å²) in [4.78, 5) is 8.40. The highest BCUT2D eigenvalue weighted by Gasteiger charge is 2.10. The number of hydrogen-bond donors (Lipinski definition) is 1. The van der Waals surface area contributed by atoms with E-state index in [2.05, 4.69) is 34.3 Å². The van der Waals surface area contributed by atoms with Crippen LogP contribution in [0.2, 0.25) is 0 Å². The van der Waals surface area contributed by atoms with Gasteiger partial charge in [-0.05, 0) is 37.6 Å². The van der Waals surface area contributed by atoms with Crippen molar-refractivity contribution in [2.45, 2.75) is 39.2 Å². The Labute approximate surface area is 113 Å². The van der Waals surface area contributed by atoms with Crippen LogP contribution in [0.15, 0.2) is 29.0 Å². The Morgan fingerprint density at radius 1 is 1.32 bits per heavy atom. The lowest BCUT2D eigenvalue weighted by Crippen LogP contribution is -2.28. The van der Waals surface area contributed by atoms with Gasteiger partial charge >= 0.3 is 0 Å². The normalized spacial score (nSPS) is 12.5. The molecule has 0 amide bonds. The van der Waals surface area contributed by atoms with Crippen molar-refractivity contribution in [3.63, 3.8) is 0 Å². The smallest absolute Gasteiger partial charge is 0.228 e. The summed E-state index contributed by atoms with van der Waals surface area (Å²) < 4.78 is 5.27. The summed E-state index contributed by atoms with van der Waals surface area (Å²) >= 11 is 0. The minimum absolute atomic E-state index is 0.356. The second-order valence-corrected chi connectivity index (χ2v) is 4.70. The molecule has 1 atom stereocenters. The van der Waals surface area contributed by atoms with Crippen molar-refractivity contribution in [3.8, 4) is 0 Å². The van der Waals surface area contributed by atoms with Crippen LogP contribution in [0.1, 0.15) is 37.5 Å². The summed E-state index contributed by atoms with van der Waals surface area (Å²) in [6.07, 6.45) is 6.12. The van der Waals surface area contributed by atoms with Crippen LogP contribution in [-0.4, -0.2) is 27.7 Å². The van der Waals surface area contributed by atoms with Crippen molar-refractivity contribution in [1.29, 1.82) is 0 Å². The number of aromatic nitrogens is 3. The van der Waals surface area contributed by atoms with Crippen LogP contribution in [0.25, 0.3) is 0 Å². The van der Waals surface area contributed by atoms with E-state index in [1.165, 1.54) is 0 Å². The zero-order chi connectivity index (χ0) is 13.5. The summed E-state index contributed by atoms with van der Waals surface area (Å²) in [5, 5.41) is 7.41.